The first-order valence-corrected chi connectivity index (χ1v) is 69.7. The predicted molar refractivity (Wildman–Crippen MR) is 351 cm³/mol. The van der Waals surface area contributed by atoms with Gasteiger partial charge in [-0.2, -0.15) is 92.2 Å². The third-order valence-corrected chi connectivity index (χ3v) is 76.2. The van der Waals surface area contributed by atoms with Crippen molar-refractivity contribution in [2.75, 3.05) is 6.61 Å². The Hall–Kier alpha value is 0.410. The van der Waals surface area contributed by atoms with Crippen molar-refractivity contribution in [3.8, 4) is 0 Å². The summed E-state index contributed by atoms with van der Waals surface area (Å²) in [4.78, 5) is 12.7. The molecule has 0 N–H and O–H groups in total. The van der Waals surface area contributed by atoms with Crippen molar-refractivity contribution in [3.05, 3.63) is 12.2 Å². The van der Waals surface area contributed by atoms with Gasteiger partial charge in [-0.1, -0.05) is 6.58 Å². The minimum Gasteiger partial charge on any atom is -0.462 e. The maximum absolute atomic E-state index is 14.7. The van der Waals surface area contributed by atoms with Crippen molar-refractivity contribution in [2.24, 2.45) is 0 Å². The van der Waals surface area contributed by atoms with Crippen molar-refractivity contribution in [3.63, 3.8) is 0 Å². The quantitative estimate of drug-likeness (QED) is 0.0190. The fourth-order valence-corrected chi connectivity index (χ4v) is 82.7. The van der Waals surface area contributed by atoms with Gasteiger partial charge in [0, 0.05) is 50.5 Å². The van der Waals surface area contributed by atoms with Crippen LogP contribution in [-0.4, -0.2) is 195 Å². The van der Waals surface area contributed by atoms with Crippen molar-refractivity contribution >= 4 is 145 Å². The molecule has 0 spiro atoms. The number of carbonyl (C=O) groups excluding carboxylic acids is 1. The first kappa shape index (κ1) is 94.0. The fourth-order valence-electron chi connectivity index (χ4n) is 9.84. The highest BCUT2D eigenvalue weighted by atomic mass is 28.7. The summed E-state index contributed by atoms with van der Waals surface area (Å²) in [5, 5.41) is 0. The fraction of sp³-hybridized carbons (Fsp3) is 0.932. The van der Waals surface area contributed by atoms with Crippen molar-refractivity contribution in [1.29, 1.82) is 0 Å². The molecule has 6 aliphatic heterocycles. The normalized spacial score (nSPS) is 29.2. The summed E-state index contributed by atoms with van der Waals surface area (Å²) >= 11 is 0. The molecule has 0 radical (unpaired) electrons. The smallest absolute Gasteiger partial charge is 0.462 e. The van der Waals surface area contributed by atoms with E-state index < -0.39 is 282 Å². The van der Waals surface area contributed by atoms with E-state index in [9.17, 15) is 97.0 Å². The van der Waals surface area contributed by atoms with E-state index in [1.165, 1.54) is 20.0 Å². The molecule has 0 aromatic carbocycles. The van der Waals surface area contributed by atoms with Gasteiger partial charge in [-0.15, -0.1) is 0 Å². The zero-order chi connectivity index (χ0) is 79.5. The van der Waals surface area contributed by atoms with Crippen LogP contribution < -0.4 is 0 Å². The zero-order valence-electron chi connectivity index (χ0n) is 59.1. The Kier molecular flexibility index (Phi) is 28.9. The van der Waals surface area contributed by atoms with Gasteiger partial charge in [0.25, 0.3) is 0 Å². The van der Waals surface area contributed by atoms with Gasteiger partial charge >= 0.3 is 122 Å². The number of alkyl halides is 21. The second-order valence-electron chi connectivity index (χ2n) is 29.9. The number of halogens is 21. The summed E-state index contributed by atoms with van der Waals surface area (Å²) in [7, 11) is -92.3. The van der Waals surface area contributed by atoms with Crippen molar-refractivity contribution < 1.29 is 184 Å². The monoisotopic (exact) mass is 1810 g/mol. The van der Waals surface area contributed by atoms with E-state index in [1.807, 2.05) is 0 Å². The molecule has 6 aliphatic rings. The topological polar surface area (TPSA) is 211 Å². The molecule has 0 saturated carbocycles. The molecule has 0 unspecified atom stereocenters. The molecule has 0 atom stereocenters. The molecule has 0 aliphatic carbocycles. The molecule has 22 nitrogen and oxygen atoms in total. The van der Waals surface area contributed by atoms with Crippen LogP contribution in [0.4, 0.5) is 92.2 Å². The van der Waals surface area contributed by atoms with Crippen LogP contribution in [0.5, 0.6) is 0 Å². The van der Waals surface area contributed by atoms with E-state index in [0.717, 1.165) is 91.7 Å². The van der Waals surface area contributed by atoms with Gasteiger partial charge in [0.05, 0.1) is 6.61 Å². The van der Waals surface area contributed by atoms with Gasteiger partial charge in [-0.3, -0.25) is 0 Å². The standard InChI is InChI=1S/C44H87F21O22Si16/c1-36(2)37(66)67-27-19-28-88(3,4)68-96-76-97(69-89(5,6)29-20-38(45,46)47)79-100(72-92(11,12)32-23-41(54,55)56)81-98(77-96,70-90(7,8)30-21-39(48,49)50)83-102(74-94(15,16)34-25-43(60,61)62)84-99(78-96,71-91(9,10)31-22-40(51,52)53)82-101(80-97,73-93(13,14)33-24-42(57,58)59)86-103(85-100,87-102)75-95(17,18)35-26-44(63,64)65/h1,19-35H2,2-18H3. The Bertz CT molecular complexity index is 2660. The van der Waals surface area contributed by atoms with E-state index in [0.29, 0.717) is 0 Å². The Morgan fingerprint density at radius 3 is 0.515 bits per heavy atom. The highest BCUT2D eigenvalue weighted by Gasteiger charge is 2.93. The van der Waals surface area contributed by atoms with Crippen LogP contribution in [0.15, 0.2) is 12.2 Å². The lowest BCUT2D eigenvalue weighted by atomic mass is 10.4. The predicted octanol–water partition coefficient (Wildman–Crippen LogP) is 16.7. The van der Waals surface area contributed by atoms with E-state index >= 15 is 0 Å². The summed E-state index contributed by atoms with van der Waals surface area (Å²) < 4.78 is 450. The molecule has 0 aromatic rings. The number of hydrogen-bond donors (Lipinski definition) is 0. The number of ether oxygens (including phenoxy) is 1. The van der Waals surface area contributed by atoms with E-state index in [-0.39, 0.29) is 18.0 Å². The van der Waals surface area contributed by atoms with Gasteiger partial charge in [0.2, 0.25) is 0 Å². The lowest BCUT2D eigenvalue weighted by Gasteiger charge is -2.61. The molecule has 0 aromatic heterocycles. The highest BCUT2D eigenvalue weighted by Crippen LogP contribution is 2.55. The molecule has 6 heterocycles. The molecule has 59 heteroatoms. The number of carbonyl (C=O) groups is 1. The molecule has 0 amide bonds. The maximum Gasteiger partial charge on any atom is 0.651 e. The largest absolute Gasteiger partial charge is 0.651 e. The third-order valence-electron chi connectivity index (χ3n) is 14.8. The first-order valence-electron chi connectivity index (χ1n) is 31.7. The van der Waals surface area contributed by atoms with Crippen molar-refractivity contribution in [1.82, 2.24) is 0 Å². The van der Waals surface area contributed by atoms with E-state index in [1.54, 1.807) is 0 Å². The van der Waals surface area contributed by atoms with Gasteiger partial charge < -0.3 is 87.0 Å². The minimum absolute atomic E-state index is 0.0845. The SMILES string of the molecule is C=C(C)C(=O)OCCC[Si](C)(C)O[Si]12O[Si]3(O[Si](C)(C)CCC(F)(F)F)O[Si]4(O[Si](C)(C)CCC(F)(F)F)O[Si](O[Si](C)(C)CCC(F)(F)F)(O1)O[Si]1(O[Si](C)(C)CCC(F)(F)F)O[Si](O[Si](C)(C)CCC(F)(F)F)(O2)O[Si](O[Si](C)(C)CCC(F)(F)F)(O3)O[Si](O[Si](C)(C)CCC(F)(F)F)(O4)O1. The molecular weight excluding hydrogens is 1730 g/mol. The van der Waals surface area contributed by atoms with E-state index in [4.69, 9.17) is 87.0 Å². The van der Waals surface area contributed by atoms with Crippen LogP contribution in [-0.2, 0) is 91.8 Å². The number of rotatable bonds is 35. The van der Waals surface area contributed by atoms with Crippen LogP contribution in [0.3, 0.4) is 0 Å². The van der Waals surface area contributed by atoms with Crippen LogP contribution >= 0.6 is 0 Å². The lowest BCUT2D eigenvalue weighted by Crippen LogP contribution is -2.93. The van der Waals surface area contributed by atoms with Crippen LogP contribution in [0.1, 0.15) is 58.3 Å². The van der Waals surface area contributed by atoms with Crippen LogP contribution in [0, 0.1) is 0 Å². The number of esters is 1. The van der Waals surface area contributed by atoms with Gasteiger partial charge in [-0.05, 0) is 166 Å². The third kappa shape index (κ3) is 31.4. The minimum atomic E-state index is -6.95. The molecule has 6 saturated heterocycles. The highest BCUT2D eigenvalue weighted by molar-refractivity contribution is 7.04. The number of hydrogen-bond acceptors (Lipinski definition) is 22. The summed E-state index contributed by atoms with van der Waals surface area (Å²) in [6.45, 7) is 21.2. The molecule has 6 fully saturated rings. The molecule has 8 bridgehead atoms. The van der Waals surface area contributed by atoms with E-state index in [2.05, 4.69) is 6.58 Å². The molecular formula is C44H87F21O22Si16. The second-order valence-corrected chi connectivity index (χ2v) is 86.4. The Balaban J connectivity index is 2.24. The summed E-state index contributed by atoms with van der Waals surface area (Å²) in [6, 6.07) is -8.29. The summed E-state index contributed by atoms with van der Waals surface area (Å²) in [5.41, 5.74) is -0.0845. The Labute approximate surface area is 599 Å². The Morgan fingerprint density at radius 2 is 0.398 bits per heavy atom. The van der Waals surface area contributed by atoms with Gasteiger partial charge in [0.1, 0.15) is 0 Å². The average Bonchev–Trinajstić information content (AvgIpc) is 0.678. The average molecular weight is 1820 g/mol. The van der Waals surface area contributed by atoms with Crippen LogP contribution in [0.2, 0.25) is 153 Å². The lowest BCUT2D eigenvalue weighted by molar-refractivity contribution is -0.141. The molecule has 103 heavy (non-hydrogen) atoms. The van der Waals surface area contributed by atoms with Crippen molar-refractivity contribution in [2.45, 2.75) is 255 Å². The van der Waals surface area contributed by atoms with Gasteiger partial charge in [-0.25, -0.2) is 4.79 Å². The van der Waals surface area contributed by atoms with Gasteiger partial charge in [0.15, 0.2) is 66.5 Å². The second kappa shape index (κ2) is 31.7. The Morgan fingerprint density at radius 1 is 0.272 bits per heavy atom. The zero-order valence-corrected chi connectivity index (χ0v) is 75.1. The maximum atomic E-state index is 14.7. The summed E-state index contributed by atoms with van der Waals surface area (Å²) in [6.07, 6.45) is -48.3. The first-order chi connectivity index (χ1) is 45.4. The summed E-state index contributed by atoms with van der Waals surface area (Å²) in [5.74, 6) is -0.915. The molecule has 6 rings (SSSR count). The molecule has 606 valence electrons. The van der Waals surface area contributed by atoms with Crippen LogP contribution in [0.25, 0.3) is 0 Å².